The largest absolute Gasteiger partial charge is 0.481 e. The van der Waals surface area contributed by atoms with Crippen LogP contribution in [0.25, 0.3) is 10.9 Å². The van der Waals surface area contributed by atoms with Crippen LogP contribution in [-0.2, 0) is 16.6 Å². The first-order chi connectivity index (χ1) is 9.47. The summed E-state index contributed by atoms with van der Waals surface area (Å²) in [7, 11) is 1.87. The van der Waals surface area contributed by atoms with Gasteiger partial charge in [0.05, 0.1) is 11.4 Å². The number of aliphatic carboxylic acids is 1. The van der Waals surface area contributed by atoms with Crippen LogP contribution >= 0.6 is 0 Å². The van der Waals surface area contributed by atoms with Crippen LogP contribution in [0.15, 0.2) is 18.2 Å². The zero-order valence-electron chi connectivity index (χ0n) is 11.3. The molecule has 2 heterocycles. The number of carbonyl (C=O) groups is 2. The molecule has 1 aliphatic heterocycles. The van der Waals surface area contributed by atoms with E-state index < -0.39 is 11.9 Å². The first-order valence-electron chi connectivity index (χ1n) is 6.44. The van der Waals surface area contributed by atoms with Gasteiger partial charge >= 0.3 is 5.97 Å². The van der Waals surface area contributed by atoms with E-state index in [4.69, 9.17) is 5.11 Å². The van der Waals surface area contributed by atoms with E-state index in [0.29, 0.717) is 5.69 Å². The van der Waals surface area contributed by atoms with Crippen molar-refractivity contribution in [3.05, 3.63) is 23.9 Å². The third kappa shape index (κ3) is 1.84. The number of rotatable bonds is 2. The molecule has 0 bridgehead atoms. The molecular formula is C14H15N3O3. The maximum atomic E-state index is 11.9. The molecule has 1 aliphatic rings. The third-order valence-corrected chi connectivity index (χ3v) is 3.90. The smallest absolute Gasteiger partial charge is 0.308 e. The Morgan fingerprint density at radius 1 is 1.45 bits per heavy atom. The van der Waals surface area contributed by atoms with Crippen molar-refractivity contribution >= 4 is 28.5 Å². The molecule has 1 amide bonds. The molecule has 6 heteroatoms. The number of hydrogen-bond acceptors (Lipinski definition) is 3. The standard InChI is InChI=1S/C14H15N3O3/c1-8-11-4-3-10(6-12(11)15-16(8)2)17-7-9(14(19)20)5-13(17)18/h3-4,6,9H,5,7H2,1-2H3,(H,19,20). The van der Waals surface area contributed by atoms with Gasteiger partial charge in [-0.3, -0.25) is 14.3 Å². The fraction of sp³-hybridized carbons (Fsp3) is 0.357. The van der Waals surface area contributed by atoms with Gasteiger partial charge in [-0.1, -0.05) is 0 Å². The quantitative estimate of drug-likeness (QED) is 0.895. The monoisotopic (exact) mass is 273 g/mol. The summed E-state index contributed by atoms with van der Waals surface area (Å²) in [4.78, 5) is 24.5. The zero-order chi connectivity index (χ0) is 14.4. The summed E-state index contributed by atoms with van der Waals surface area (Å²) in [6, 6.07) is 5.61. The summed E-state index contributed by atoms with van der Waals surface area (Å²) < 4.78 is 1.79. The summed E-state index contributed by atoms with van der Waals surface area (Å²) in [5, 5.41) is 14.4. The van der Waals surface area contributed by atoms with Crippen LogP contribution in [0.1, 0.15) is 12.1 Å². The topological polar surface area (TPSA) is 75.4 Å². The predicted octanol–water partition coefficient (Wildman–Crippen LogP) is 1.32. The lowest BCUT2D eigenvalue weighted by molar-refractivity contribution is -0.141. The van der Waals surface area contributed by atoms with E-state index in [1.807, 2.05) is 32.2 Å². The van der Waals surface area contributed by atoms with E-state index in [1.54, 1.807) is 4.68 Å². The summed E-state index contributed by atoms with van der Waals surface area (Å²) in [5.74, 6) is -1.69. The Kier molecular flexibility index (Phi) is 2.74. The number of anilines is 1. The van der Waals surface area contributed by atoms with Crippen LogP contribution in [-0.4, -0.2) is 33.3 Å². The van der Waals surface area contributed by atoms with E-state index in [1.165, 1.54) is 4.90 Å². The molecule has 1 unspecified atom stereocenters. The second-order valence-corrected chi connectivity index (χ2v) is 5.15. The second kappa shape index (κ2) is 4.33. The first-order valence-corrected chi connectivity index (χ1v) is 6.44. The van der Waals surface area contributed by atoms with E-state index in [2.05, 4.69) is 5.10 Å². The van der Waals surface area contributed by atoms with Gasteiger partial charge in [-0.2, -0.15) is 5.10 Å². The van der Waals surface area contributed by atoms with Gasteiger partial charge in [-0.05, 0) is 25.1 Å². The number of benzene rings is 1. The fourth-order valence-corrected chi connectivity index (χ4v) is 2.61. The zero-order valence-corrected chi connectivity index (χ0v) is 11.3. The molecule has 0 saturated carbocycles. The van der Waals surface area contributed by atoms with Crippen molar-refractivity contribution in [3.63, 3.8) is 0 Å². The molecule has 1 saturated heterocycles. The Morgan fingerprint density at radius 2 is 2.20 bits per heavy atom. The molecule has 0 spiro atoms. The number of carbonyl (C=O) groups excluding carboxylic acids is 1. The minimum absolute atomic E-state index is 0.0641. The van der Waals surface area contributed by atoms with E-state index >= 15 is 0 Å². The highest BCUT2D eigenvalue weighted by Crippen LogP contribution is 2.28. The highest BCUT2D eigenvalue weighted by atomic mass is 16.4. The normalized spacial score (nSPS) is 19.0. The SMILES string of the molecule is Cc1c2ccc(N3CC(C(=O)O)CC3=O)cc2nn1C. The van der Waals surface area contributed by atoms with Crippen LogP contribution in [0.3, 0.4) is 0 Å². The molecule has 0 radical (unpaired) electrons. The Balaban J connectivity index is 1.98. The molecule has 1 aromatic carbocycles. The first kappa shape index (κ1) is 12.7. The average Bonchev–Trinajstić information content (AvgIpc) is 2.91. The van der Waals surface area contributed by atoms with E-state index in [-0.39, 0.29) is 18.9 Å². The van der Waals surface area contributed by atoms with Gasteiger partial charge < -0.3 is 10.0 Å². The number of carboxylic acids is 1. The number of nitrogens with zero attached hydrogens (tertiary/aromatic N) is 3. The van der Waals surface area contributed by atoms with Crippen LogP contribution in [0.5, 0.6) is 0 Å². The van der Waals surface area contributed by atoms with Gasteiger partial charge in [-0.25, -0.2) is 0 Å². The van der Waals surface area contributed by atoms with Crippen molar-refractivity contribution in [2.24, 2.45) is 13.0 Å². The molecule has 1 atom stereocenters. The summed E-state index contributed by atoms with van der Waals surface area (Å²) in [6.45, 7) is 2.21. The lowest BCUT2D eigenvalue weighted by Crippen LogP contribution is -2.25. The minimum Gasteiger partial charge on any atom is -0.481 e. The van der Waals surface area contributed by atoms with Crippen LogP contribution in [0.4, 0.5) is 5.69 Å². The van der Waals surface area contributed by atoms with Crippen molar-refractivity contribution in [1.29, 1.82) is 0 Å². The van der Waals surface area contributed by atoms with Crippen LogP contribution < -0.4 is 4.90 Å². The average molecular weight is 273 g/mol. The molecule has 6 nitrogen and oxygen atoms in total. The van der Waals surface area contributed by atoms with Crippen molar-refractivity contribution in [1.82, 2.24) is 9.78 Å². The summed E-state index contributed by atoms with van der Waals surface area (Å²) in [5.41, 5.74) is 2.58. The second-order valence-electron chi connectivity index (χ2n) is 5.15. The van der Waals surface area contributed by atoms with Gasteiger partial charge in [0.15, 0.2) is 0 Å². The molecule has 1 N–H and O–H groups in total. The molecular weight excluding hydrogens is 258 g/mol. The molecule has 1 fully saturated rings. The Labute approximate surface area is 115 Å². The number of aryl methyl sites for hydroxylation is 2. The van der Waals surface area contributed by atoms with Crippen LogP contribution in [0, 0.1) is 12.8 Å². The highest BCUT2D eigenvalue weighted by Gasteiger charge is 2.35. The van der Waals surface area contributed by atoms with Crippen molar-refractivity contribution in [3.8, 4) is 0 Å². The minimum atomic E-state index is -0.921. The number of fused-ring (bicyclic) bond motifs is 1. The Hall–Kier alpha value is -2.37. The van der Waals surface area contributed by atoms with Gasteiger partial charge in [0.1, 0.15) is 0 Å². The number of aromatic nitrogens is 2. The Bertz CT molecular complexity index is 720. The third-order valence-electron chi connectivity index (χ3n) is 3.90. The lowest BCUT2D eigenvalue weighted by Gasteiger charge is -2.15. The van der Waals surface area contributed by atoms with Crippen molar-refractivity contribution in [2.75, 3.05) is 11.4 Å². The van der Waals surface area contributed by atoms with Gasteiger partial charge in [-0.15, -0.1) is 0 Å². The van der Waals surface area contributed by atoms with Crippen LogP contribution in [0.2, 0.25) is 0 Å². The molecule has 2 aromatic rings. The fourth-order valence-electron chi connectivity index (χ4n) is 2.61. The lowest BCUT2D eigenvalue weighted by atomic mass is 10.1. The van der Waals surface area contributed by atoms with Gasteiger partial charge in [0.25, 0.3) is 0 Å². The highest BCUT2D eigenvalue weighted by molar-refractivity contribution is 6.00. The van der Waals surface area contributed by atoms with Crippen molar-refractivity contribution in [2.45, 2.75) is 13.3 Å². The number of hydrogen-bond donors (Lipinski definition) is 1. The van der Waals surface area contributed by atoms with E-state index in [0.717, 1.165) is 16.6 Å². The molecule has 104 valence electrons. The predicted molar refractivity (Wildman–Crippen MR) is 73.5 cm³/mol. The summed E-state index contributed by atoms with van der Waals surface area (Å²) in [6.07, 6.45) is 0.0641. The molecule has 3 rings (SSSR count). The van der Waals surface area contributed by atoms with E-state index in [9.17, 15) is 9.59 Å². The number of carboxylic acid groups (broad SMARTS) is 1. The van der Waals surface area contributed by atoms with Gasteiger partial charge in [0.2, 0.25) is 5.91 Å². The molecule has 1 aromatic heterocycles. The van der Waals surface area contributed by atoms with Gasteiger partial charge in [0, 0.05) is 36.8 Å². The maximum Gasteiger partial charge on any atom is 0.308 e. The number of amides is 1. The molecule has 0 aliphatic carbocycles. The maximum absolute atomic E-state index is 11.9. The Morgan fingerprint density at radius 3 is 2.85 bits per heavy atom. The summed E-state index contributed by atoms with van der Waals surface area (Å²) >= 11 is 0. The molecule has 20 heavy (non-hydrogen) atoms. The van der Waals surface area contributed by atoms with Crippen molar-refractivity contribution < 1.29 is 14.7 Å².